The van der Waals surface area contributed by atoms with E-state index in [0.29, 0.717) is 40.8 Å². The summed E-state index contributed by atoms with van der Waals surface area (Å²) >= 11 is 0. The van der Waals surface area contributed by atoms with Gasteiger partial charge in [-0.15, -0.1) is 0 Å². The first-order valence-electron chi connectivity index (χ1n) is 13.8. The molecule has 3 aromatic rings. The van der Waals surface area contributed by atoms with Gasteiger partial charge in [0.05, 0.1) is 23.0 Å². The van der Waals surface area contributed by atoms with E-state index in [1.807, 2.05) is 30.8 Å². The smallest absolute Gasteiger partial charge is 0.256 e. The van der Waals surface area contributed by atoms with Crippen molar-refractivity contribution in [2.75, 3.05) is 20.1 Å². The first kappa shape index (κ1) is 26.5. The first-order chi connectivity index (χ1) is 18.0. The highest BCUT2D eigenvalue weighted by Crippen LogP contribution is 2.38. The van der Waals surface area contributed by atoms with Gasteiger partial charge in [-0.25, -0.2) is 4.39 Å². The average molecular weight is 519 g/mol. The van der Waals surface area contributed by atoms with Gasteiger partial charge in [0.15, 0.2) is 0 Å². The Balaban J connectivity index is 1.45. The maximum absolute atomic E-state index is 14.3. The van der Waals surface area contributed by atoms with E-state index in [1.165, 1.54) is 17.7 Å². The summed E-state index contributed by atoms with van der Waals surface area (Å²) in [5, 5.41) is 1.16. The van der Waals surface area contributed by atoms with Crippen molar-refractivity contribution in [3.05, 3.63) is 59.3 Å². The lowest BCUT2D eigenvalue weighted by atomic mass is 9.72. The number of ketones is 1. The van der Waals surface area contributed by atoms with Crippen LogP contribution in [0.3, 0.4) is 0 Å². The number of aromatic nitrogens is 2. The summed E-state index contributed by atoms with van der Waals surface area (Å²) in [5.41, 5.74) is 4.25. The number of nitrogens with zero attached hydrogens (tertiary/aromatic N) is 4. The molecule has 5 rings (SSSR count). The van der Waals surface area contributed by atoms with Gasteiger partial charge in [0, 0.05) is 62.8 Å². The van der Waals surface area contributed by atoms with Crippen molar-refractivity contribution in [1.82, 2.24) is 19.4 Å². The molecule has 1 aromatic carbocycles. The SMILES string of the molecule is Cc1cncc2c1c(CC1CN([C@H](C(C)C)C3CC(=O)C3)C1)cn2-c1ccc(F)cc1C(=O)N(C)C(C)C. The molecule has 1 atom stereocenters. The molecule has 2 fully saturated rings. The first-order valence-corrected chi connectivity index (χ1v) is 13.8. The molecule has 7 heteroatoms. The van der Waals surface area contributed by atoms with E-state index in [4.69, 9.17) is 0 Å². The van der Waals surface area contributed by atoms with Gasteiger partial charge in [-0.1, -0.05) is 13.8 Å². The molecule has 2 aliphatic rings. The number of amides is 1. The van der Waals surface area contributed by atoms with Crippen molar-refractivity contribution >= 4 is 22.6 Å². The monoisotopic (exact) mass is 518 g/mol. The second kappa shape index (κ2) is 10.3. The minimum Gasteiger partial charge on any atom is -0.339 e. The van der Waals surface area contributed by atoms with Crippen molar-refractivity contribution in [2.24, 2.45) is 17.8 Å². The molecule has 202 valence electrons. The van der Waals surface area contributed by atoms with E-state index < -0.39 is 5.82 Å². The molecule has 1 aliphatic carbocycles. The topological polar surface area (TPSA) is 58.4 Å². The third-order valence-corrected chi connectivity index (χ3v) is 8.59. The van der Waals surface area contributed by atoms with Gasteiger partial charge in [-0.05, 0) is 74.3 Å². The van der Waals surface area contributed by atoms with Gasteiger partial charge < -0.3 is 9.47 Å². The molecule has 0 bridgehead atoms. The number of pyridine rings is 1. The van der Waals surface area contributed by atoms with E-state index in [1.54, 1.807) is 18.0 Å². The maximum atomic E-state index is 14.3. The lowest BCUT2D eigenvalue weighted by Gasteiger charge is -2.50. The molecule has 0 N–H and O–H groups in total. The van der Waals surface area contributed by atoms with Crippen LogP contribution in [0.2, 0.25) is 0 Å². The number of Topliss-reactive ketones (excluding diaryl/α,β-unsaturated/α-hetero) is 1. The Morgan fingerprint density at radius 3 is 2.50 bits per heavy atom. The third kappa shape index (κ3) is 4.77. The van der Waals surface area contributed by atoms with Crippen LogP contribution < -0.4 is 0 Å². The van der Waals surface area contributed by atoms with Crippen LogP contribution in [0, 0.1) is 30.5 Å². The fraction of sp³-hybridized carbons (Fsp3) is 0.516. The molecule has 1 amide bonds. The molecule has 1 aliphatic heterocycles. The molecule has 38 heavy (non-hydrogen) atoms. The zero-order valence-electron chi connectivity index (χ0n) is 23.4. The number of carbonyl (C=O) groups is 2. The predicted octanol–water partition coefficient (Wildman–Crippen LogP) is 5.43. The second-order valence-electron chi connectivity index (χ2n) is 12.0. The summed E-state index contributed by atoms with van der Waals surface area (Å²) in [6.45, 7) is 12.6. The van der Waals surface area contributed by atoms with Gasteiger partial charge in [0.2, 0.25) is 0 Å². The lowest BCUT2D eigenvalue weighted by Crippen LogP contribution is -2.58. The Labute approximate surface area is 224 Å². The Hall–Kier alpha value is -3.06. The van der Waals surface area contributed by atoms with Crippen LogP contribution in [0.4, 0.5) is 4.39 Å². The number of carbonyl (C=O) groups excluding carboxylic acids is 2. The van der Waals surface area contributed by atoms with E-state index in [-0.39, 0.29) is 11.9 Å². The third-order valence-electron chi connectivity index (χ3n) is 8.59. The van der Waals surface area contributed by atoms with Gasteiger partial charge >= 0.3 is 0 Å². The molecular formula is C31H39FN4O2. The van der Waals surface area contributed by atoms with Crippen molar-refractivity contribution in [2.45, 2.75) is 66.0 Å². The maximum Gasteiger partial charge on any atom is 0.256 e. The molecule has 6 nitrogen and oxygen atoms in total. The van der Waals surface area contributed by atoms with Crippen molar-refractivity contribution in [1.29, 1.82) is 0 Å². The van der Waals surface area contributed by atoms with E-state index >= 15 is 0 Å². The van der Waals surface area contributed by atoms with Gasteiger partial charge in [0.25, 0.3) is 5.91 Å². The number of rotatable bonds is 8. The zero-order chi connectivity index (χ0) is 27.3. The molecule has 0 spiro atoms. The van der Waals surface area contributed by atoms with E-state index in [0.717, 1.165) is 48.8 Å². The van der Waals surface area contributed by atoms with Crippen LogP contribution in [-0.2, 0) is 11.2 Å². The number of hydrogen-bond acceptors (Lipinski definition) is 4. The van der Waals surface area contributed by atoms with Crippen LogP contribution >= 0.6 is 0 Å². The standard InChI is InChI=1S/C31H39FN4O2/c1-18(2)30(22-10-25(37)11-22)35-15-21(16-35)9-23-17-36(28-14-33-13-20(5)29(23)28)27-8-7-24(32)12-26(27)31(38)34(6)19(3)4/h7-8,12-14,17-19,21-22,30H,9-11,15-16H2,1-6H3/t30-/m1/s1. The summed E-state index contributed by atoms with van der Waals surface area (Å²) < 4.78 is 16.4. The van der Waals surface area contributed by atoms with Crippen LogP contribution in [0.15, 0.2) is 36.8 Å². The van der Waals surface area contributed by atoms with Gasteiger partial charge in [-0.2, -0.15) is 0 Å². The van der Waals surface area contributed by atoms with Crippen LogP contribution in [0.1, 0.15) is 62.0 Å². The van der Waals surface area contributed by atoms with E-state index in [9.17, 15) is 14.0 Å². The summed E-state index contributed by atoms with van der Waals surface area (Å²) in [4.78, 5) is 33.6. The number of likely N-dealkylation sites (tertiary alicyclic amines) is 1. The Morgan fingerprint density at radius 1 is 1.16 bits per heavy atom. The molecule has 0 unspecified atom stereocenters. The zero-order valence-corrected chi connectivity index (χ0v) is 23.4. The highest BCUT2D eigenvalue weighted by molar-refractivity contribution is 5.99. The number of aryl methyl sites for hydroxylation is 1. The van der Waals surface area contributed by atoms with Crippen LogP contribution in [-0.4, -0.2) is 63.3 Å². The average Bonchev–Trinajstić information content (AvgIpc) is 3.19. The summed E-state index contributed by atoms with van der Waals surface area (Å²) in [7, 11) is 1.75. The van der Waals surface area contributed by atoms with Crippen molar-refractivity contribution in [3.8, 4) is 5.69 Å². The predicted molar refractivity (Wildman–Crippen MR) is 148 cm³/mol. The largest absolute Gasteiger partial charge is 0.339 e. The van der Waals surface area contributed by atoms with Crippen molar-refractivity contribution < 1.29 is 14.0 Å². The van der Waals surface area contributed by atoms with Crippen LogP contribution in [0.25, 0.3) is 16.6 Å². The highest BCUT2D eigenvalue weighted by Gasteiger charge is 2.42. The Morgan fingerprint density at radius 2 is 1.87 bits per heavy atom. The Bertz CT molecular complexity index is 1360. The quantitative estimate of drug-likeness (QED) is 0.399. The van der Waals surface area contributed by atoms with E-state index in [2.05, 4.69) is 36.9 Å². The van der Waals surface area contributed by atoms with Gasteiger partial charge in [0.1, 0.15) is 11.6 Å². The molecule has 2 aromatic heterocycles. The minimum absolute atomic E-state index is 0.00576. The lowest BCUT2D eigenvalue weighted by molar-refractivity contribution is -0.131. The molecule has 1 saturated heterocycles. The normalized spacial score (nSPS) is 17.8. The second-order valence-corrected chi connectivity index (χ2v) is 12.0. The molecule has 3 heterocycles. The number of halogens is 1. The number of benzene rings is 1. The fourth-order valence-corrected chi connectivity index (χ4v) is 6.43. The summed E-state index contributed by atoms with van der Waals surface area (Å²) in [6.07, 6.45) is 8.23. The highest BCUT2D eigenvalue weighted by atomic mass is 19.1. The summed E-state index contributed by atoms with van der Waals surface area (Å²) in [5.74, 6) is 1.32. The Kier molecular flexibility index (Phi) is 7.16. The molecule has 0 radical (unpaired) electrons. The summed E-state index contributed by atoms with van der Waals surface area (Å²) in [6, 6.07) is 4.92. The van der Waals surface area contributed by atoms with Gasteiger partial charge in [-0.3, -0.25) is 19.5 Å². The molecular weight excluding hydrogens is 479 g/mol. The number of fused-ring (bicyclic) bond motifs is 1. The van der Waals surface area contributed by atoms with Crippen LogP contribution in [0.5, 0.6) is 0 Å². The fourth-order valence-electron chi connectivity index (χ4n) is 6.43. The van der Waals surface area contributed by atoms with Crippen molar-refractivity contribution in [3.63, 3.8) is 0 Å². The molecule has 1 saturated carbocycles. The minimum atomic E-state index is -0.428. The number of hydrogen-bond donors (Lipinski definition) is 0.